The molecule has 26 heavy (non-hydrogen) atoms. The first-order valence-corrected chi connectivity index (χ1v) is 11.2. The minimum Gasteiger partial charge on any atom is -0.490 e. The monoisotopic (exact) mass is 376 g/mol. The first-order chi connectivity index (χ1) is 12.5. The van der Waals surface area contributed by atoms with Gasteiger partial charge in [-0.15, -0.1) is 0 Å². The number of ether oxygens (including phenoxy) is 1. The zero-order valence-corrected chi connectivity index (χ0v) is 17.5. The lowest BCUT2D eigenvalue weighted by Crippen LogP contribution is -2.33. The molecule has 0 amide bonds. The van der Waals surface area contributed by atoms with E-state index in [0.29, 0.717) is 16.9 Å². The Bertz CT molecular complexity index is 526. The van der Waals surface area contributed by atoms with Crippen LogP contribution >= 0.6 is 11.9 Å². The highest BCUT2D eigenvalue weighted by atomic mass is 32.2. The van der Waals surface area contributed by atoms with Crippen LogP contribution in [-0.2, 0) is 0 Å². The summed E-state index contributed by atoms with van der Waals surface area (Å²) in [6.07, 6.45) is 10.7. The van der Waals surface area contributed by atoms with E-state index < -0.39 is 0 Å². The van der Waals surface area contributed by atoms with Crippen LogP contribution in [0.15, 0.2) is 24.3 Å². The summed E-state index contributed by atoms with van der Waals surface area (Å²) in [5.41, 5.74) is 1.22. The lowest BCUT2D eigenvalue weighted by molar-refractivity contribution is 0.210. The van der Waals surface area contributed by atoms with Crippen molar-refractivity contribution in [3.63, 3.8) is 0 Å². The third-order valence-corrected chi connectivity index (χ3v) is 6.50. The highest BCUT2D eigenvalue weighted by Crippen LogP contribution is 2.29. The molecule has 0 unspecified atom stereocenters. The molecule has 0 atom stereocenters. The molecule has 146 valence electrons. The zero-order chi connectivity index (χ0) is 18.4. The molecule has 1 aromatic carbocycles. The molecule has 2 fully saturated rings. The quantitative estimate of drug-likeness (QED) is 0.571. The Labute approximate surface area is 164 Å². The summed E-state index contributed by atoms with van der Waals surface area (Å²) < 4.78 is 10.0. The van der Waals surface area contributed by atoms with Crippen LogP contribution in [0.25, 0.3) is 0 Å². The maximum atomic E-state index is 6.05. The van der Waals surface area contributed by atoms with Gasteiger partial charge in [-0.1, -0.05) is 11.9 Å². The molecule has 2 N–H and O–H groups in total. The zero-order valence-electron chi connectivity index (χ0n) is 16.7. The number of anilines is 1. The topological polar surface area (TPSA) is 33.3 Å². The van der Waals surface area contributed by atoms with Crippen LogP contribution in [0.3, 0.4) is 0 Å². The molecule has 2 saturated carbocycles. The molecular weight excluding hydrogens is 340 g/mol. The molecule has 0 saturated heterocycles. The van der Waals surface area contributed by atoms with Crippen molar-refractivity contribution in [2.75, 3.05) is 11.9 Å². The summed E-state index contributed by atoms with van der Waals surface area (Å²) in [5, 5.41) is 3.63. The van der Waals surface area contributed by atoms with Crippen molar-refractivity contribution in [1.82, 2.24) is 4.72 Å². The van der Waals surface area contributed by atoms with Crippen LogP contribution in [0.1, 0.15) is 72.1 Å². The molecule has 0 spiro atoms. The third kappa shape index (κ3) is 6.70. The van der Waals surface area contributed by atoms with Gasteiger partial charge in [0.2, 0.25) is 0 Å². The standard InChI is InChI=1S/C22H36N2OS/c1-22(2,3)26-24-19-10-8-17(9-11-19)16-23-18-12-14-21(15-13-18)25-20-6-4-5-7-20/h12-15,17,19-20,23-24H,4-11,16H2,1-3H3. The fourth-order valence-electron chi connectivity index (χ4n) is 3.86. The van der Waals surface area contributed by atoms with Gasteiger partial charge in [-0.3, -0.25) is 4.72 Å². The van der Waals surface area contributed by atoms with Crippen molar-refractivity contribution in [3.8, 4) is 5.75 Å². The summed E-state index contributed by atoms with van der Waals surface area (Å²) >= 11 is 1.89. The Morgan fingerprint density at radius 1 is 0.962 bits per heavy atom. The molecule has 3 nitrogen and oxygen atoms in total. The molecule has 0 bridgehead atoms. The third-order valence-electron chi connectivity index (χ3n) is 5.43. The van der Waals surface area contributed by atoms with Crippen LogP contribution in [-0.4, -0.2) is 23.4 Å². The van der Waals surface area contributed by atoms with Crippen LogP contribution in [0.2, 0.25) is 0 Å². The fraction of sp³-hybridized carbons (Fsp3) is 0.727. The molecule has 0 radical (unpaired) electrons. The van der Waals surface area contributed by atoms with E-state index in [1.807, 2.05) is 11.9 Å². The van der Waals surface area contributed by atoms with Crippen molar-refractivity contribution in [1.29, 1.82) is 0 Å². The van der Waals surface area contributed by atoms with Gasteiger partial charge in [-0.2, -0.15) is 0 Å². The second-order valence-corrected chi connectivity index (χ2v) is 10.6. The first-order valence-electron chi connectivity index (χ1n) is 10.4. The minimum atomic E-state index is 0.298. The highest BCUT2D eigenvalue weighted by molar-refractivity contribution is 7.98. The lowest BCUT2D eigenvalue weighted by atomic mass is 9.86. The van der Waals surface area contributed by atoms with Gasteiger partial charge in [0.15, 0.2) is 0 Å². The predicted octanol–water partition coefficient (Wildman–Crippen LogP) is 6.02. The second-order valence-electron chi connectivity index (χ2n) is 8.98. The summed E-state index contributed by atoms with van der Waals surface area (Å²) in [6, 6.07) is 9.24. The van der Waals surface area contributed by atoms with E-state index in [2.05, 4.69) is 55.1 Å². The maximum Gasteiger partial charge on any atom is 0.119 e. The summed E-state index contributed by atoms with van der Waals surface area (Å²) in [4.78, 5) is 0. The Morgan fingerprint density at radius 2 is 1.62 bits per heavy atom. The van der Waals surface area contributed by atoms with Crippen molar-refractivity contribution in [2.24, 2.45) is 5.92 Å². The number of hydrogen-bond acceptors (Lipinski definition) is 4. The highest BCUT2D eigenvalue weighted by Gasteiger charge is 2.22. The average Bonchev–Trinajstić information content (AvgIpc) is 3.13. The van der Waals surface area contributed by atoms with Gasteiger partial charge in [0.1, 0.15) is 5.75 Å². The molecule has 1 aromatic rings. The van der Waals surface area contributed by atoms with Crippen molar-refractivity contribution in [3.05, 3.63) is 24.3 Å². The summed E-state index contributed by atoms with van der Waals surface area (Å²) in [5.74, 6) is 1.81. The van der Waals surface area contributed by atoms with E-state index in [0.717, 1.165) is 18.2 Å². The van der Waals surface area contributed by atoms with Crippen LogP contribution in [0, 0.1) is 5.92 Å². The first kappa shape index (κ1) is 19.9. The molecular formula is C22H36N2OS. The second kappa shape index (κ2) is 9.36. The van der Waals surface area contributed by atoms with Crippen LogP contribution in [0.5, 0.6) is 5.75 Å². The number of rotatable bonds is 7. The molecule has 4 heteroatoms. The lowest BCUT2D eigenvalue weighted by Gasteiger charge is -2.31. The van der Waals surface area contributed by atoms with Crippen molar-refractivity contribution in [2.45, 2.75) is 89.0 Å². The molecule has 3 rings (SSSR count). The van der Waals surface area contributed by atoms with E-state index in [1.165, 1.54) is 57.1 Å². The fourth-order valence-corrected chi connectivity index (χ4v) is 4.61. The number of hydrogen-bond donors (Lipinski definition) is 2. The van der Waals surface area contributed by atoms with Gasteiger partial charge in [0.25, 0.3) is 0 Å². The van der Waals surface area contributed by atoms with Gasteiger partial charge >= 0.3 is 0 Å². The smallest absolute Gasteiger partial charge is 0.119 e. The Balaban J connectivity index is 1.34. The van der Waals surface area contributed by atoms with Gasteiger partial charge in [-0.25, -0.2) is 0 Å². The number of benzene rings is 1. The Morgan fingerprint density at radius 3 is 2.23 bits per heavy atom. The van der Waals surface area contributed by atoms with E-state index in [4.69, 9.17) is 4.74 Å². The maximum absolute atomic E-state index is 6.05. The van der Waals surface area contributed by atoms with Crippen LogP contribution in [0.4, 0.5) is 5.69 Å². The molecule has 2 aliphatic rings. The predicted molar refractivity (Wildman–Crippen MR) is 114 cm³/mol. The van der Waals surface area contributed by atoms with Crippen molar-refractivity contribution >= 4 is 17.6 Å². The van der Waals surface area contributed by atoms with Gasteiger partial charge < -0.3 is 10.1 Å². The molecule has 2 aliphatic carbocycles. The SMILES string of the molecule is CC(C)(C)SNC1CCC(CNc2ccc(OC3CCCC3)cc2)CC1. The summed E-state index contributed by atoms with van der Waals surface area (Å²) in [7, 11) is 0. The molecule has 0 aliphatic heterocycles. The van der Waals surface area contributed by atoms with Gasteiger partial charge in [0.05, 0.1) is 6.10 Å². The van der Waals surface area contributed by atoms with Crippen LogP contribution < -0.4 is 14.8 Å². The Hall–Kier alpha value is -0.870. The van der Waals surface area contributed by atoms with Gasteiger partial charge in [0, 0.05) is 23.0 Å². The van der Waals surface area contributed by atoms with E-state index >= 15 is 0 Å². The molecule has 0 aromatic heterocycles. The van der Waals surface area contributed by atoms with Gasteiger partial charge in [-0.05, 0) is 102 Å². The van der Waals surface area contributed by atoms with E-state index in [9.17, 15) is 0 Å². The number of nitrogens with one attached hydrogen (secondary N) is 2. The van der Waals surface area contributed by atoms with E-state index in [1.54, 1.807) is 0 Å². The average molecular weight is 377 g/mol. The van der Waals surface area contributed by atoms with E-state index in [-0.39, 0.29) is 0 Å². The molecule has 0 heterocycles. The Kier molecular flexibility index (Phi) is 7.16. The normalized spacial score (nSPS) is 24.6. The minimum absolute atomic E-state index is 0.298. The van der Waals surface area contributed by atoms with Crippen molar-refractivity contribution < 1.29 is 4.74 Å². The summed E-state index contributed by atoms with van der Waals surface area (Å²) in [6.45, 7) is 7.89. The largest absolute Gasteiger partial charge is 0.490 e.